The van der Waals surface area contributed by atoms with Gasteiger partial charge in [-0.1, -0.05) is 35.9 Å². The van der Waals surface area contributed by atoms with Gasteiger partial charge in [0.15, 0.2) is 0 Å². The number of ether oxygens (including phenoxy) is 1. The van der Waals surface area contributed by atoms with Crippen LogP contribution in [-0.2, 0) is 6.54 Å². The van der Waals surface area contributed by atoms with E-state index in [1.54, 1.807) is 7.11 Å². The van der Waals surface area contributed by atoms with Gasteiger partial charge >= 0.3 is 0 Å². The predicted octanol–water partition coefficient (Wildman–Crippen LogP) is 3.69. The zero-order valence-electron chi connectivity index (χ0n) is 10.5. The van der Waals surface area contributed by atoms with Crippen LogP contribution in [0.5, 0.6) is 5.75 Å². The monoisotopic (exact) mass is 272 g/mol. The van der Waals surface area contributed by atoms with Crippen molar-refractivity contribution in [1.82, 2.24) is 0 Å². The molecule has 1 heterocycles. The van der Waals surface area contributed by atoms with Crippen molar-refractivity contribution in [3.63, 3.8) is 0 Å². The van der Waals surface area contributed by atoms with Crippen LogP contribution < -0.4 is 9.64 Å². The highest BCUT2D eigenvalue weighted by Gasteiger charge is 2.25. The predicted molar refractivity (Wildman–Crippen MR) is 77.5 cm³/mol. The highest BCUT2D eigenvalue weighted by atomic mass is 35.5. The van der Waals surface area contributed by atoms with Crippen molar-refractivity contribution >= 4 is 23.1 Å². The van der Waals surface area contributed by atoms with Gasteiger partial charge in [-0.25, -0.2) is 0 Å². The topological polar surface area (TPSA) is 36.3 Å². The Morgan fingerprint density at radius 1 is 1.21 bits per heavy atom. The molecule has 3 rings (SSSR count). The maximum atomic E-state index is 8.25. The van der Waals surface area contributed by atoms with Gasteiger partial charge in [0.1, 0.15) is 11.6 Å². The first kappa shape index (κ1) is 12.1. The van der Waals surface area contributed by atoms with Crippen LogP contribution in [0.25, 0.3) is 0 Å². The summed E-state index contributed by atoms with van der Waals surface area (Å²) < 4.78 is 5.15. The molecule has 0 bridgehead atoms. The lowest BCUT2D eigenvalue weighted by Crippen LogP contribution is -2.22. The van der Waals surface area contributed by atoms with Crippen LogP contribution in [0.1, 0.15) is 11.1 Å². The Morgan fingerprint density at radius 3 is 2.68 bits per heavy atom. The molecule has 19 heavy (non-hydrogen) atoms. The second-order valence-electron chi connectivity index (χ2n) is 4.41. The third-order valence-electron chi connectivity index (χ3n) is 3.32. The molecular weight excluding hydrogens is 260 g/mol. The zero-order chi connectivity index (χ0) is 13.4. The van der Waals surface area contributed by atoms with Crippen molar-refractivity contribution in [3.05, 3.63) is 58.6 Å². The minimum absolute atomic E-state index is 0.511. The SMILES string of the molecule is COc1ccc(N2Cc3ccccc3C2=N)cc1Cl. The molecule has 0 aliphatic carbocycles. The average molecular weight is 273 g/mol. The third kappa shape index (κ3) is 1.96. The molecule has 1 N–H and O–H groups in total. The second-order valence-corrected chi connectivity index (χ2v) is 4.82. The number of rotatable bonds is 2. The fourth-order valence-corrected chi connectivity index (χ4v) is 2.58. The molecule has 4 heteroatoms. The van der Waals surface area contributed by atoms with Gasteiger partial charge in [-0.2, -0.15) is 0 Å². The molecule has 0 fully saturated rings. The molecule has 96 valence electrons. The number of amidine groups is 1. The Labute approximate surface area is 116 Å². The smallest absolute Gasteiger partial charge is 0.137 e. The highest BCUT2D eigenvalue weighted by molar-refractivity contribution is 6.32. The second kappa shape index (κ2) is 4.59. The molecule has 0 aromatic heterocycles. The summed E-state index contributed by atoms with van der Waals surface area (Å²) in [6.45, 7) is 0.706. The molecule has 0 unspecified atom stereocenters. The Morgan fingerprint density at radius 2 is 2.00 bits per heavy atom. The van der Waals surface area contributed by atoms with Crippen molar-refractivity contribution in [2.45, 2.75) is 6.54 Å². The fraction of sp³-hybridized carbons (Fsp3) is 0.133. The van der Waals surface area contributed by atoms with Gasteiger partial charge in [-0.15, -0.1) is 0 Å². The van der Waals surface area contributed by atoms with E-state index in [2.05, 4.69) is 6.07 Å². The summed E-state index contributed by atoms with van der Waals surface area (Å²) in [4.78, 5) is 1.94. The minimum Gasteiger partial charge on any atom is -0.495 e. The minimum atomic E-state index is 0.511. The van der Waals surface area contributed by atoms with Crippen molar-refractivity contribution in [2.75, 3.05) is 12.0 Å². The van der Waals surface area contributed by atoms with Gasteiger partial charge < -0.3 is 9.64 Å². The Hall–Kier alpha value is -2.00. The van der Waals surface area contributed by atoms with Crippen molar-refractivity contribution in [1.29, 1.82) is 5.41 Å². The van der Waals surface area contributed by atoms with Crippen LogP contribution in [0, 0.1) is 5.41 Å². The number of nitrogens with zero attached hydrogens (tertiary/aromatic N) is 1. The van der Waals surface area contributed by atoms with Crippen molar-refractivity contribution in [3.8, 4) is 5.75 Å². The number of anilines is 1. The van der Waals surface area contributed by atoms with Crippen LogP contribution in [0.15, 0.2) is 42.5 Å². The van der Waals surface area contributed by atoms with E-state index in [1.807, 2.05) is 41.3 Å². The summed E-state index contributed by atoms with van der Waals surface area (Å²) >= 11 is 6.14. The van der Waals surface area contributed by atoms with E-state index < -0.39 is 0 Å². The van der Waals surface area contributed by atoms with E-state index in [-0.39, 0.29) is 0 Å². The number of fused-ring (bicyclic) bond motifs is 1. The van der Waals surface area contributed by atoms with E-state index >= 15 is 0 Å². The standard InChI is InChI=1S/C15H13ClN2O/c1-19-14-7-6-11(8-13(14)16)18-9-10-4-2-3-5-12(10)15(18)17/h2-8,17H,9H2,1H3. The molecule has 0 amide bonds. The molecular formula is C15H13ClN2O. The molecule has 0 saturated carbocycles. The third-order valence-corrected chi connectivity index (χ3v) is 3.61. The summed E-state index contributed by atoms with van der Waals surface area (Å²) in [5, 5.41) is 8.80. The van der Waals surface area contributed by atoms with Gasteiger partial charge in [0, 0.05) is 11.3 Å². The number of hydrogen-bond acceptors (Lipinski definition) is 2. The molecule has 0 atom stereocenters. The van der Waals surface area contributed by atoms with Gasteiger partial charge in [0.25, 0.3) is 0 Å². The maximum Gasteiger partial charge on any atom is 0.137 e. The number of halogens is 1. The van der Waals surface area contributed by atoms with Crippen LogP contribution in [0.3, 0.4) is 0 Å². The van der Waals surface area contributed by atoms with E-state index in [0.717, 1.165) is 11.3 Å². The largest absolute Gasteiger partial charge is 0.495 e. The van der Waals surface area contributed by atoms with Gasteiger partial charge in [-0.3, -0.25) is 5.41 Å². The Bertz CT molecular complexity index is 654. The van der Waals surface area contributed by atoms with Crippen LogP contribution in [-0.4, -0.2) is 12.9 Å². The van der Waals surface area contributed by atoms with E-state index in [4.69, 9.17) is 21.7 Å². The van der Waals surface area contributed by atoms with E-state index in [1.165, 1.54) is 5.56 Å². The molecule has 1 aliphatic heterocycles. The summed E-state index contributed by atoms with van der Waals surface area (Å²) in [5.74, 6) is 1.16. The zero-order valence-corrected chi connectivity index (χ0v) is 11.2. The van der Waals surface area contributed by atoms with E-state index in [0.29, 0.717) is 23.2 Å². The Balaban J connectivity index is 1.97. The molecule has 1 aliphatic rings. The van der Waals surface area contributed by atoms with Gasteiger partial charge in [-0.05, 0) is 23.8 Å². The first-order valence-corrected chi connectivity index (χ1v) is 6.36. The lowest BCUT2D eigenvalue weighted by atomic mass is 10.1. The van der Waals surface area contributed by atoms with Crippen LogP contribution in [0.4, 0.5) is 5.69 Å². The molecule has 0 saturated heterocycles. The highest BCUT2D eigenvalue weighted by Crippen LogP contribution is 2.33. The summed E-state index contributed by atoms with van der Waals surface area (Å²) in [5.41, 5.74) is 3.06. The molecule has 0 radical (unpaired) electrons. The first-order valence-electron chi connectivity index (χ1n) is 5.98. The summed E-state index contributed by atoms with van der Waals surface area (Å²) in [7, 11) is 1.59. The van der Waals surface area contributed by atoms with Crippen molar-refractivity contribution < 1.29 is 4.74 Å². The lowest BCUT2D eigenvalue weighted by Gasteiger charge is -2.18. The fourth-order valence-electron chi connectivity index (χ4n) is 2.33. The molecule has 3 nitrogen and oxygen atoms in total. The Kier molecular flexibility index (Phi) is 2.91. The number of hydrogen-bond donors (Lipinski definition) is 1. The van der Waals surface area contributed by atoms with E-state index in [9.17, 15) is 0 Å². The number of nitrogens with one attached hydrogen (secondary N) is 1. The van der Waals surface area contributed by atoms with Crippen molar-refractivity contribution in [2.24, 2.45) is 0 Å². The number of benzene rings is 2. The van der Waals surface area contributed by atoms with Crippen LogP contribution >= 0.6 is 11.6 Å². The molecule has 2 aromatic rings. The van der Waals surface area contributed by atoms with Gasteiger partial charge in [0.05, 0.1) is 18.7 Å². The molecule has 2 aromatic carbocycles. The summed E-state index contributed by atoms with van der Waals surface area (Å²) in [6.07, 6.45) is 0. The van der Waals surface area contributed by atoms with Crippen LogP contribution in [0.2, 0.25) is 5.02 Å². The first-order chi connectivity index (χ1) is 9.20. The number of methoxy groups -OCH3 is 1. The quantitative estimate of drug-likeness (QED) is 0.905. The maximum absolute atomic E-state index is 8.25. The summed E-state index contributed by atoms with van der Waals surface area (Å²) in [6, 6.07) is 13.6. The average Bonchev–Trinajstić information content (AvgIpc) is 2.77. The lowest BCUT2D eigenvalue weighted by molar-refractivity contribution is 0.415. The normalized spacial score (nSPS) is 13.6. The molecule has 0 spiro atoms. The van der Waals surface area contributed by atoms with Gasteiger partial charge in [0.2, 0.25) is 0 Å².